The summed E-state index contributed by atoms with van der Waals surface area (Å²) in [5.41, 5.74) is 0.912. The Hall–Kier alpha value is -1.99. The molecule has 1 amide bonds. The van der Waals surface area contributed by atoms with Gasteiger partial charge in [0.2, 0.25) is 5.91 Å². The minimum atomic E-state index is -0.924. The zero-order valence-electron chi connectivity index (χ0n) is 16.0. The van der Waals surface area contributed by atoms with Gasteiger partial charge in [0.05, 0.1) is 17.5 Å². The Morgan fingerprint density at radius 3 is 2.70 bits per heavy atom. The lowest BCUT2D eigenvalue weighted by Crippen LogP contribution is -2.28. The first-order valence-electron chi connectivity index (χ1n) is 9.05. The van der Waals surface area contributed by atoms with Gasteiger partial charge in [-0.05, 0) is 45.1 Å². The molecular formula is C19H27ClN2O5. The lowest BCUT2D eigenvalue weighted by atomic mass is 10.1. The van der Waals surface area contributed by atoms with Gasteiger partial charge in [0.15, 0.2) is 11.5 Å². The summed E-state index contributed by atoms with van der Waals surface area (Å²) in [6.45, 7) is 4.32. The van der Waals surface area contributed by atoms with E-state index in [0.29, 0.717) is 42.7 Å². The third-order valence-electron chi connectivity index (χ3n) is 4.39. The van der Waals surface area contributed by atoms with Gasteiger partial charge in [-0.25, -0.2) is 0 Å². The average Bonchev–Trinajstić information content (AvgIpc) is 2.96. The monoisotopic (exact) mass is 398 g/mol. The van der Waals surface area contributed by atoms with E-state index in [1.807, 2.05) is 38.1 Å². The summed E-state index contributed by atoms with van der Waals surface area (Å²) in [6, 6.07) is 3.68. The van der Waals surface area contributed by atoms with Crippen LogP contribution in [0.3, 0.4) is 0 Å². The van der Waals surface area contributed by atoms with Gasteiger partial charge in [-0.1, -0.05) is 11.6 Å². The topological polar surface area (TPSA) is 79.3 Å². The molecule has 1 N–H and O–H groups in total. The van der Waals surface area contributed by atoms with Gasteiger partial charge in [-0.2, -0.15) is 0 Å². The molecule has 150 valence electrons. The number of hydrogen-bond donors (Lipinski definition) is 1. The molecule has 0 bridgehead atoms. The SMILES string of the molecule is CCOc1cc(CCN2CC(C(=O)O)CC2=O)cc(Cl)c1OCCN(C)C. The number of benzene rings is 1. The number of aliphatic carboxylic acids is 1. The van der Waals surface area contributed by atoms with Gasteiger partial charge in [0.1, 0.15) is 6.61 Å². The van der Waals surface area contributed by atoms with Crippen LogP contribution in [0.2, 0.25) is 5.02 Å². The van der Waals surface area contributed by atoms with Gasteiger partial charge in [-0.15, -0.1) is 0 Å². The quantitative estimate of drug-likeness (QED) is 0.650. The Balaban J connectivity index is 2.04. The van der Waals surface area contributed by atoms with E-state index in [2.05, 4.69) is 0 Å². The third-order valence-corrected chi connectivity index (χ3v) is 4.67. The number of amides is 1. The van der Waals surface area contributed by atoms with E-state index < -0.39 is 11.9 Å². The molecule has 1 aromatic carbocycles. The molecule has 1 aliphatic rings. The van der Waals surface area contributed by atoms with Crippen LogP contribution in [0.4, 0.5) is 0 Å². The van der Waals surface area contributed by atoms with E-state index in [9.17, 15) is 9.59 Å². The molecule has 1 fully saturated rings. The molecule has 1 heterocycles. The van der Waals surface area contributed by atoms with Crippen LogP contribution in [0, 0.1) is 5.92 Å². The number of likely N-dealkylation sites (tertiary alicyclic amines) is 1. The lowest BCUT2D eigenvalue weighted by Gasteiger charge is -2.18. The summed E-state index contributed by atoms with van der Waals surface area (Å²) in [5.74, 6) is -0.566. The number of nitrogens with zero attached hydrogens (tertiary/aromatic N) is 2. The van der Waals surface area contributed by atoms with Gasteiger partial charge in [-0.3, -0.25) is 9.59 Å². The summed E-state index contributed by atoms with van der Waals surface area (Å²) in [6.07, 6.45) is 0.634. The second-order valence-electron chi connectivity index (χ2n) is 6.82. The first kappa shape index (κ1) is 21.3. The van der Waals surface area contributed by atoms with E-state index in [1.165, 1.54) is 0 Å². The minimum absolute atomic E-state index is 0.0684. The molecule has 27 heavy (non-hydrogen) atoms. The maximum absolute atomic E-state index is 12.0. The molecule has 2 rings (SSSR count). The molecule has 0 radical (unpaired) electrons. The lowest BCUT2D eigenvalue weighted by molar-refractivity contribution is -0.141. The van der Waals surface area contributed by atoms with E-state index in [0.717, 1.165) is 12.1 Å². The van der Waals surface area contributed by atoms with Crippen molar-refractivity contribution in [2.45, 2.75) is 19.8 Å². The molecule has 1 saturated heterocycles. The van der Waals surface area contributed by atoms with E-state index >= 15 is 0 Å². The van der Waals surface area contributed by atoms with Crippen LogP contribution >= 0.6 is 11.6 Å². The highest BCUT2D eigenvalue weighted by molar-refractivity contribution is 6.32. The molecule has 0 aromatic heterocycles. The van der Waals surface area contributed by atoms with Gasteiger partial charge >= 0.3 is 5.97 Å². The summed E-state index contributed by atoms with van der Waals surface area (Å²) in [7, 11) is 3.93. The number of likely N-dealkylation sites (N-methyl/N-ethyl adjacent to an activating group) is 1. The Kier molecular flexibility index (Phi) is 7.74. The number of carboxylic acid groups (broad SMARTS) is 1. The van der Waals surface area contributed by atoms with E-state index in [4.69, 9.17) is 26.2 Å². The summed E-state index contributed by atoms with van der Waals surface area (Å²) < 4.78 is 11.5. The molecule has 8 heteroatoms. The number of carbonyl (C=O) groups excluding carboxylic acids is 1. The predicted molar refractivity (Wildman–Crippen MR) is 103 cm³/mol. The molecule has 1 aliphatic heterocycles. The van der Waals surface area contributed by atoms with Crippen molar-refractivity contribution < 1.29 is 24.2 Å². The number of ether oxygens (including phenoxy) is 2. The molecule has 0 spiro atoms. The fourth-order valence-corrected chi connectivity index (χ4v) is 3.20. The number of carbonyl (C=O) groups is 2. The Bertz CT molecular complexity index is 680. The van der Waals surface area contributed by atoms with Crippen molar-refractivity contribution in [1.29, 1.82) is 0 Å². The van der Waals surface area contributed by atoms with Gasteiger partial charge in [0, 0.05) is 26.1 Å². The summed E-state index contributed by atoms with van der Waals surface area (Å²) in [4.78, 5) is 26.6. The first-order valence-corrected chi connectivity index (χ1v) is 9.43. The molecule has 0 aliphatic carbocycles. The summed E-state index contributed by atoms with van der Waals surface area (Å²) >= 11 is 6.40. The van der Waals surface area contributed by atoms with Crippen molar-refractivity contribution in [1.82, 2.24) is 9.80 Å². The maximum Gasteiger partial charge on any atom is 0.308 e. The Morgan fingerprint density at radius 2 is 2.11 bits per heavy atom. The van der Waals surface area contributed by atoms with Crippen molar-refractivity contribution in [2.75, 3.05) is 46.9 Å². The maximum atomic E-state index is 12.0. The molecule has 1 atom stereocenters. The van der Waals surface area contributed by atoms with Crippen LogP contribution in [-0.2, 0) is 16.0 Å². The second-order valence-corrected chi connectivity index (χ2v) is 7.23. The standard InChI is InChI=1S/C19H27ClN2O5/c1-4-26-16-10-13(9-15(20)18(16)27-8-7-21(2)3)5-6-22-12-14(19(24)25)11-17(22)23/h9-10,14H,4-8,11-12H2,1-3H3,(H,24,25). The zero-order valence-corrected chi connectivity index (χ0v) is 16.8. The largest absolute Gasteiger partial charge is 0.490 e. The summed E-state index contributed by atoms with van der Waals surface area (Å²) in [5, 5.41) is 9.54. The van der Waals surface area contributed by atoms with Gasteiger partial charge in [0.25, 0.3) is 0 Å². The van der Waals surface area contributed by atoms with E-state index in [-0.39, 0.29) is 18.9 Å². The van der Waals surface area contributed by atoms with Crippen LogP contribution in [0.15, 0.2) is 12.1 Å². The fourth-order valence-electron chi connectivity index (χ4n) is 2.92. The first-order chi connectivity index (χ1) is 12.8. The highest BCUT2D eigenvalue weighted by Crippen LogP contribution is 2.37. The Labute approximate surface area is 164 Å². The molecule has 1 unspecified atom stereocenters. The van der Waals surface area contributed by atoms with Gasteiger partial charge < -0.3 is 24.4 Å². The zero-order chi connectivity index (χ0) is 20.0. The predicted octanol–water partition coefficient (Wildman–Crippen LogP) is 2.15. The number of rotatable bonds is 10. The number of halogens is 1. The van der Waals surface area contributed by atoms with Crippen molar-refractivity contribution in [3.8, 4) is 11.5 Å². The smallest absolute Gasteiger partial charge is 0.308 e. The minimum Gasteiger partial charge on any atom is -0.490 e. The molecule has 0 saturated carbocycles. The second kappa shape index (κ2) is 9.80. The third kappa shape index (κ3) is 6.01. The van der Waals surface area contributed by atoms with E-state index in [1.54, 1.807) is 4.90 Å². The van der Waals surface area contributed by atoms with Crippen LogP contribution in [0.25, 0.3) is 0 Å². The Morgan fingerprint density at radius 1 is 1.37 bits per heavy atom. The average molecular weight is 399 g/mol. The van der Waals surface area contributed by atoms with Crippen molar-refractivity contribution in [3.63, 3.8) is 0 Å². The normalized spacial score (nSPS) is 16.9. The van der Waals surface area contributed by atoms with Crippen LogP contribution < -0.4 is 9.47 Å². The number of carboxylic acids is 1. The molecular weight excluding hydrogens is 372 g/mol. The number of hydrogen-bond acceptors (Lipinski definition) is 5. The van der Waals surface area contributed by atoms with Crippen molar-refractivity contribution >= 4 is 23.5 Å². The van der Waals surface area contributed by atoms with Crippen molar-refractivity contribution in [2.24, 2.45) is 5.92 Å². The molecule has 7 nitrogen and oxygen atoms in total. The van der Waals surface area contributed by atoms with Crippen LogP contribution in [-0.4, -0.2) is 73.7 Å². The van der Waals surface area contributed by atoms with Crippen molar-refractivity contribution in [3.05, 3.63) is 22.7 Å². The van der Waals surface area contributed by atoms with Crippen LogP contribution in [0.5, 0.6) is 11.5 Å². The molecule has 1 aromatic rings. The fraction of sp³-hybridized carbons (Fsp3) is 0.579. The highest BCUT2D eigenvalue weighted by atomic mass is 35.5. The van der Waals surface area contributed by atoms with Crippen LogP contribution in [0.1, 0.15) is 18.9 Å². The highest BCUT2D eigenvalue weighted by Gasteiger charge is 2.33.